The molecule has 1 radical (unpaired) electrons. The summed E-state index contributed by atoms with van der Waals surface area (Å²) >= 11 is 0. The van der Waals surface area contributed by atoms with E-state index in [-0.39, 0.29) is 0 Å². The fourth-order valence-electron chi connectivity index (χ4n) is 2.97. The number of hydrogen-bond acceptors (Lipinski definition) is 4. The third-order valence-electron chi connectivity index (χ3n) is 4.04. The van der Waals surface area contributed by atoms with E-state index in [1.54, 1.807) is 14.2 Å². The van der Waals surface area contributed by atoms with Gasteiger partial charge in [0.15, 0.2) is 0 Å². The van der Waals surface area contributed by atoms with Gasteiger partial charge in [-0.25, -0.2) is 0 Å². The van der Waals surface area contributed by atoms with Crippen molar-refractivity contribution in [3.63, 3.8) is 0 Å². The fourth-order valence-corrected chi connectivity index (χ4v) is 2.97. The monoisotopic (exact) mass is 307 g/mol. The van der Waals surface area contributed by atoms with Crippen LogP contribution in [0.3, 0.4) is 0 Å². The molecule has 0 saturated heterocycles. The van der Waals surface area contributed by atoms with Crippen molar-refractivity contribution < 1.29 is 9.47 Å². The predicted molar refractivity (Wildman–Crippen MR) is 87.9 cm³/mol. The van der Waals surface area contributed by atoms with Crippen molar-refractivity contribution >= 4 is 21.8 Å². The summed E-state index contributed by atoms with van der Waals surface area (Å²) in [6.07, 6.45) is 2.93. The van der Waals surface area contributed by atoms with Gasteiger partial charge in [0.05, 0.1) is 36.0 Å². The number of hydrogen-bond donors (Lipinski definition) is 2. The van der Waals surface area contributed by atoms with Gasteiger partial charge in [-0.2, -0.15) is 10.2 Å². The van der Waals surface area contributed by atoms with Gasteiger partial charge in [0, 0.05) is 5.56 Å². The van der Waals surface area contributed by atoms with Crippen LogP contribution >= 0.6 is 0 Å². The Bertz CT molecular complexity index is 1020. The number of rotatable bonds is 3. The first-order valence-electron chi connectivity index (χ1n) is 7.19. The van der Waals surface area contributed by atoms with Gasteiger partial charge < -0.3 is 9.47 Å². The second-order valence-corrected chi connectivity index (χ2v) is 5.31. The zero-order chi connectivity index (χ0) is 16.0. The average Bonchev–Trinajstić information content (AvgIpc) is 3.20. The summed E-state index contributed by atoms with van der Waals surface area (Å²) in [7, 11) is 3.30. The molecule has 0 unspecified atom stereocenters. The second kappa shape index (κ2) is 5.01. The van der Waals surface area contributed by atoms with Crippen molar-refractivity contribution in [1.82, 2.24) is 20.4 Å². The van der Waals surface area contributed by atoms with Crippen molar-refractivity contribution in [1.29, 1.82) is 0 Å². The molecule has 0 spiro atoms. The topological polar surface area (TPSA) is 75.8 Å². The van der Waals surface area contributed by atoms with Crippen LogP contribution in [0.4, 0.5) is 0 Å². The number of nitrogens with one attached hydrogen (secondary N) is 2. The summed E-state index contributed by atoms with van der Waals surface area (Å²) in [4.78, 5) is 0. The Morgan fingerprint density at radius 2 is 1.74 bits per heavy atom. The van der Waals surface area contributed by atoms with Gasteiger partial charge in [0.2, 0.25) is 0 Å². The minimum absolute atomic E-state index is 0.688. The standard InChI is InChI=1S/C17H15N4O2/c1-9-4-6-13-14(16(9)22-2)15(21-20-13)10-5-7-12-11(8-18-19-12)17(10)23-3/h4-7H,1-3H3,(H,18,19)(H,20,21). The number of aromatic amines is 2. The molecule has 4 aromatic rings. The number of H-pyrrole nitrogens is 2. The molecule has 2 heterocycles. The minimum Gasteiger partial charge on any atom is -0.496 e. The molecule has 0 aliphatic carbocycles. The Balaban J connectivity index is 2.08. The molecule has 0 fully saturated rings. The Kier molecular flexibility index (Phi) is 2.97. The lowest BCUT2D eigenvalue weighted by molar-refractivity contribution is 0.416. The second-order valence-electron chi connectivity index (χ2n) is 5.31. The molecule has 115 valence electrons. The zero-order valence-corrected chi connectivity index (χ0v) is 13.0. The molecule has 23 heavy (non-hydrogen) atoms. The summed E-state index contributed by atoms with van der Waals surface area (Å²) in [5, 5.41) is 16.1. The van der Waals surface area contributed by atoms with Gasteiger partial charge in [-0.05, 0) is 30.7 Å². The van der Waals surface area contributed by atoms with Crippen molar-refractivity contribution in [2.45, 2.75) is 6.92 Å². The van der Waals surface area contributed by atoms with Gasteiger partial charge in [-0.1, -0.05) is 6.07 Å². The molecule has 2 N–H and O–H groups in total. The van der Waals surface area contributed by atoms with Crippen LogP contribution in [0.15, 0.2) is 24.3 Å². The summed E-state index contributed by atoms with van der Waals surface area (Å²) < 4.78 is 11.2. The molecule has 2 aromatic carbocycles. The van der Waals surface area contributed by atoms with E-state index in [9.17, 15) is 0 Å². The minimum atomic E-state index is 0.688. The molecular weight excluding hydrogens is 292 g/mol. The highest BCUT2D eigenvalue weighted by atomic mass is 16.5. The molecule has 0 amide bonds. The summed E-state index contributed by atoms with van der Waals surface area (Å²) in [5.41, 5.74) is 4.49. The lowest BCUT2D eigenvalue weighted by Gasteiger charge is -2.10. The number of ether oxygens (including phenoxy) is 2. The fraction of sp³-hybridized carbons (Fsp3) is 0.176. The number of benzene rings is 2. The van der Waals surface area contributed by atoms with Crippen LogP contribution in [-0.4, -0.2) is 34.6 Å². The highest BCUT2D eigenvalue weighted by Gasteiger charge is 2.19. The van der Waals surface area contributed by atoms with Crippen LogP contribution in [0.25, 0.3) is 33.1 Å². The quantitative estimate of drug-likeness (QED) is 0.609. The van der Waals surface area contributed by atoms with Gasteiger partial charge in [0.25, 0.3) is 0 Å². The normalized spacial score (nSPS) is 11.3. The molecule has 6 nitrogen and oxygen atoms in total. The van der Waals surface area contributed by atoms with E-state index in [1.807, 2.05) is 31.2 Å². The van der Waals surface area contributed by atoms with Crippen molar-refractivity contribution in [2.24, 2.45) is 0 Å². The third-order valence-corrected chi connectivity index (χ3v) is 4.04. The summed E-state index contributed by atoms with van der Waals surface area (Å²) in [6.45, 7) is 2.01. The molecule has 0 aliphatic heterocycles. The molecule has 4 rings (SSSR count). The van der Waals surface area contributed by atoms with E-state index < -0.39 is 0 Å². The van der Waals surface area contributed by atoms with E-state index in [0.717, 1.165) is 44.4 Å². The van der Waals surface area contributed by atoms with Crippen molar-refractivity contribution in [2.75, 3.05) is 14.2 Å². The molecule has 0 saturated carbocycles. The lowest BCUT2D eigenvalue weighted by Crippen LogP contribution is -1.92. The predicted octanol–water partition coefficient (Wildman–Crippen LogP) is 3.23. The molecule has 2 aromatic heterocycles. The van der Waals surface area contributed by atoms with E-state index in [4.69, 9.17) is 9.47 Å². The smallest absolute Gasteiger partial charge is 0.140 e. The van der Waals surface area contributed by atoms with Crippen LogP contribution in [-0.2, 0) is 0 Å². The van der Waals surface area contributed by atoms with Crippen LogP contribution in [0.2, 0.25) is 0 Å². The Morgan fingerprint density at radius 1 is 0.957 bits per heavy atom. The molecule has 0 aliphatic rings. The zero-order valence-electron chi connectivity index (χ0n) is 13.0. The Labute approximate surface area is 132 Å². The van der Waals surface area contributed by atoms with E-state index in [1.165, 1.54) is 0 Å². The lowest BCUT2D eigenvalue weighted by atomic mass is 10.0. The number of nitrogens with zero attached hydrogens (tertiary/aromatic N) is 2. The SMILES string of the molecule is COc1c(-c2n[nH]c3ccc(C)c(OC)c23)ccc2[nH]n[c]c12. The highest BCUT2D eigenvalue weighted by Crippen LogP contribution is 2.41. The Hall–Kier alpha value is -3.02. The van der Waals surface area contributed by atoms with Crippen LogP contribution in [0, 0.1) is 13.1 Å². The van der Waals surface area contributed by atoms with Crippen LogP contribution in [0.1, 0.15) is 5.56 Å². The highest BCUT2D eigenvalue weighted by molar-refractivity contribution is 6.02. The average molecular weight is 307 g/mol. The summed E-state index contributed by atoms with van der Waals surface area (Å²) in [5.74, 6) is 1.50. The van der Waals surface area contributed by atoms with E-state index >= 15 is 0 Å². The van der Waals surface area contributed by atoms with Crippen molar-refractivity contribution in [3.8, 4) is 22.8 Å². The number of methoxy groups -OCH3 is 2. The molecule has 6 heteroatoms. The number of aryl methyl sites for hydroxylation is 1. The van der Waals surface area contributed by atoms with Crippen LogP contribution in [0.5, 0.6) is 11.5 Å². The maximum absolute atomic E-state index is 5.61. The van der Waals surface area contributed by atoms with E-state index in [0.29, 0.717) is 5.75 Å². The van der Waals surface area contributed by atoms with E-state index in [2.05, 4.69) is 26.6 Å². The van der Waals surface area contributed by atoms with Gasteiger partial charge >= 0.3 is 0 Å². The van der Waals surface area contributed by atoms with Crippen LogP contribution < -0.4 is 9.47 Å². The van der Waals surface area contributed by atoms with Gasteiger partial charge in [-0.3, -0.25) is 10.2 Å². The van der Waals surface area contributed by atoms with Gasteiger partial charge in [-0.15, -0.1) is 0 Å². The summed E-state index contributed by atoms with van der Waals surface area (Å²) in [6, 6.07) is 7.91. The maximum atomic E-state index is 5.61. The number of fused-ring (bicyclic) bond motifs is 2. The molecular formula is C17H15N4O2. The largest absolute Gasteiger partial charge is 0.496 e. The third kappa shape index (κ3) is 1.88. The van der Waals surface area contributed by atoms with Gasteiger partial charge in [0.1, 0.15) is 23.4 Å². The Morgan fingerprint density at radius 3 is 2.52 bits per heavy atom. The first-order chi connectivity index (χ1) is 11.2. The molecule has 0 bridgehead atoms. The van der Waals surface area contributed by atoms with Crippen molar-refractivity contribution in [3.05, 3.63) is 36.0 Å². The molecule has 0 atom stereocenters. The first-order valence-corrected chi connectivity index (χ1v) is 7.19. The first kappa shape index (κ1) is 13.6. The number of aromatic nitrogens is 4. The maximum Gasteiger partial charge on any atom is 0.140 e.